The fraction of sp³-hybridized carbons (Fsp3) is 0.273. The van der Waals surface area contributed by atoms with E-state index in [2.05, 4.69) is 5.32 Å². The van der Waals surface area contributed by atoms with E-state index in [1.807, 2.05) is 22.6 Å². The number of carbonyl (C=O) groups is 2. The van der Waals surface area contributed by atoms with E-state index >= 15 is 0 Å². The highest BCUT2D eigenvalue weighted by molar-refractivity contribution is 14.1. The SMILES string of the molecule is CC1C(=O)NCC(=O)N1c1ccc(F)cc1I. The number of rotatable bonds is 1. The molecule has 0 aromatic heterocycles. The van der Waals surface area contributed by atoms with Gasteiger partial charge in [0.25, 0.3) is 0 Å². The number of hydrogen-bond acceptors (Lipinski definition) is 2. The van der Waals surface area contributed by atoms with Crippen LogP contribution in [0.4, 0.5) is 10.1 Å². The van der Waals surface area contributed by atoms with Gasteiger partial charge in [-0.25, -0.2) is 4.39 Å². The maximum atomic E-state index is 13.0. The van der Waals surface area contributed by atoms with Crippen LogP contribution in [-0.4, -0.2) is 24.4 Å². The third kappa shape index (κ3) is 2.26. The predicted octanol–water partition coefficient (Wildman–Crippen LogP) is 1.28. The molecule has 0 bridgehead atoms. The Bertz CT molecular complexity index is 492. The lowest BCUT2D eigenvalue weighted by atomic mass is 10.1. The molecule has 2 rings (SSSR count). The van der Waals surface area contributed by atoms with E-state index in [0.29, 0.717) is 9.26 Å². The maximum Gasteiger partial charge on any atom is 0.247 e. The molecule has 1 atom stereocenters. The molecule has 1 fully saturated rings. The summed E-state index contributed by atoms with van der Waals surface area (Å²) in [5.41, 5.74) is 0.569. The Morgan fingerprint density at radius 1 is 1.47 bits per heavy atom. The Kier molecular flexibility index (Phi) is 3.32. The van der Waals surface area contributed by atoms with E-state index in [0.717, 1.165) is 0 Å². The molecule has 1 aliphatic heterocycles. The summed E-state index contributed by atoms with van der Waals surface area (Å²) in [7, 11) is 0. The zero-order chi connectivity index (χ0) is 12.6. The number of piperazine rings is 1. The molecule has 6 heteroatoms. The minimum Gasteiger partial charge on any atom is -0.345 e. The van der Waals surface area contributed by atoms with Crippen molar-refractivity contribution in [1.29, 1.82) is 0 Å². The molecule has 1 N–H and O–H groups in total. The van der Waals surface area contributed by atoms with Crippen molar-refractivity contribution in [2.45, 2.75) is 13.0 Å². The van der Waals surface area contributed by atoms with Gasteiger partial charge in [-0.3, -0.25) is 14.5 Å². The predicted molar refractivity (Wildman–Crippen MR) is 69.1 cm³/mol. The summed E-state index contributed by atoms with van der Waals surface area (Å²) in [4.78, 5) is 24.7. The first-order valence-electron chi connectivity index (χ1n) is 5.05. The zero-order valence-corrected chi connectivity index (χ0v) is 11.2. The molecule has 1 aliphatic rings. The van der Waals surface area contributed by atoms with Gasteiger partial charge < -0.3 is 5.32 Å². The van der Waals surface area contributed by atoms with E-state index in [1.165, 1.54) is 23.1 Å². The summed E-state index contributed by atoms with van der Waals surface area (Å²) >= 11 is 1.95. The van der Waals surface area contributed by atoms with E-state index in [9.17, 15) is 14.0 Å². The molecule has 90 valence electrons. The van der Waals surface area contributed by atoms with E-state index in [-0.39, 0.29) is 24.2 Å². The van der Waals surface area contributed by atoms with Crippen LogP contribution in [0.1, 0.15) is 6.92 Å². The number of hydrogen-bond donors (Lipinski definition) is 1. The number of nitrogens with zero attached hydrogens (tertiary/aromatic N) is 1. The van der Waals surface area contributed by atoms with Crippen molar-refractivity contribution in [2.24, 2.45) is 0 Å². The fourth-order valence-electron chi connectivity index (χ4n) is 1.75. The van der Waals surface area contributed by atoms with Crippen LogP contribution in [0.3, 0.4) is 0 Å². The van der Waals surface area contributed by atoms with Gasteiger partial charge in [-0.05, 0) is 47.7 Å². The van der Waals surface area contributed by atoms with Gasteiger partial charge in [-0.2, -0.15) is 0 Å². The number of halogens is 2. The van der Waals surface area contributed by atoms with Crippen molar-refractivity contribution in [3.8, 4) is 0 Å². The van der Waals surface area contributed by atoms with Crippen LogP contribution in [-0.2, 0) is 9.59 Å². The normalized spacial score (nSPS) is 20.4. The summed E-state index contributed by atoms with van der Waals surface area (Å²) < 4.78 is 13.6. The number of benzene rings is 1. The quantitative estimate of drug-likeness (QED) is 0.778. The molecule has 0 aliphatic carbocycles. The zero-order valence-electron chi connectivity index (χ0n) is 9.04. The molecule has 17 heavy (non-hydrogen) atoms. The third-order valence-corrected chi connectivity index (χ3v) is 3.48. The Balaban J connectivity index is 2.43. The lowest BCUT2D eigenvalue weighted by Crippen LogP contribution is -2.57. The molecule has 1 unspecified atom stereocenters. The first-order valence-corrected chi connectivity index (χ1v) is 6.13. The number of anilines is 1. The summed E-state index contributed by atoms with van der Waals surface area (Å²) in [5.74, 6) is -0.758. The van der Waals surface area contributed by atoms with Crippen molar-refractivity contribution in [3.63, 3.8) is 0 Å². The standard InChI is InChI=1S/C11H10FIN2O2/c1-6-11(17)14-5-10(16)15(6)9-3-2-7(12)4-8(9)13/h2-4,6H,5H2,1H3,(H,14,17). The van der Waals surface area contributed by atoms with E-state index in [1.54, 1.807) is 6.92 Å². The number of amides is 2. The highest BCUT2D eigenvalue weighted by Gasteiger charge is 2.32. The van der Waals surface area contributed by atoms with Crippen LogP contribution in [0.5, 0.6) is 0 Å². The van der Waals surface area contributed by atoms with Crippen molar-refractivity contribution in [2.75, 3.05) is 11.4 Å². The van der Waals surface area contributed by atoms with Gasteiger partial charge >= 0.3 is 0 Å². The molecule has 1 aromatic carbocycles. The van der Waals surface area contributed by atoms with Gasteiger partial charge in [0.1, 0.15) is 11.9 Å². The van der Waals surface area contributed by atoms with Gasteiger partial charge in [0, 0.05) is 3.57 Å². The van der Waals surface area contributed by atoms with Crippen LogP contribution in [0.2, 0.25) is 0 Å². The molecule has 0 radical (unpaired) electrons. The molecular weight excluding hydrogens is 338 g/mol. The van der Waals surface area contributed by atoms with Crippen LogP contribution in [0.25, 0.3) is 0 Å². The Labute approximate surface area is 111 Å². The van der Waals surface area contributed by atoms with Crippen LogP contribution in [0, 0.1) is 9.39 Å². The minimum atomic E-state index is -0.574. The second-order valence-electron chi connectivity index (χ2n) is 3.75. The molecule has 1 heterocycles. The first-order chi connectivity index (χ1) is 8.00. The average Bonchev–Trinajstić information content (AvgIpc) is 2.27. The molecule has 4 nitrogen and oxygen atoms in total. The summed E-state index contributed by atoms with van der Waals surface area (Å²) in [5, 5.41) is 2.51. The van der Waals surface area contributed by atoms with Crippen LogP contribution < -0.4 is 10.2 Å². The third-order valence-electron chi connectivity index (χ3n) is 2.62. The number of nitrogens with one attached hydrogen (secondary N) is 1. The van der Waals surface area contributed by atoms with Gasteiger partial charge in [-0.1, -0.05) is 0 Å². The second-order valence-corrected chi connectivity index (χ2v) is 4.92. The second kappa shape index (κ2) is 4.59. The lowest BCUT2D eigenvalue weighted by molar-refractivity contribution is -0.130. The topological polar surface area (TPSA) is 49.4 Å². The molecular formula is C11H10FIN2O2. The Morgan fingerprint density at radius 3 is 2.82 bits per heavy atom. The summed E-state index contributed by atoms with van der Waals surface area (Å²) in [6.07, 6.45) is 0. The van der Waals surface area contributed by atoms with Crippen molar-refractivity contribution >= 4 is 40.1 Å². The molecule has 1 aromatic rings. The minimum absolute atomic E-state index is 0.0172. The highest BCUT2D eigenvalue weighted by atomic mass is 127. The first kappa shape index (κ1) is 12.3. The lowest BCUT2D eigenvalue weighted by Gasteiger charge is -2.33. The van der Waals surface area contributed by atoms with Crippen LogP contribution >= 0.6 is 22.6 Å². The van der Waals surface area contributed by atoms with Crippen molar-refractivity contribution < 1.29 is 14.0 Å². The van der Waals surface area contributed by atoms with Gasteiger partial charge in [0.2, 0.25) is 11.8 Å². The monoisotopic (exact) mass is 348 g/mol. The van der Waals surface area contributed by atoms with Gasteiger partial charge in [0.15, 0.2) is 0 Å². The van der Waals surface area contributed by atoms with Crippen molar-refractivity contribution in [1.82, 2.24) is 5.32 Å². The summed E-state index contributed by atoms with van der Waals surface area (Å²) in [6.45, 7) is 1.63. The molecule has 0 spiro atoms. The highest BCUT2D eigenvalue weighted by Crippen LogP contribution is 2.26. The number of carbonyl (C=O) groups excluding carboxylic acids is 2. The smallest absolute Gasteiger partial charge is 0.247 e. The van der Waals surface area contributed by atoms with Gasteiger partial charge in [-0.15, -0.1) is 0 Å². The molecule has 2 amide bonds. The van der Waals surface area contributed by atoms with E-state index < -0.39 is 6.04 Å². The van der Waals surface area contributed by atoms with Crippen LogP contribution in [0.15, 0.2) is 18.2 Å². The van der Waals surface area contributed by atoms with Crippen molar-refractivity contribution in [3.05, 3.63) is 27.6 Å². The largest absolute Gasteiger partial charge is 0.345 e. The van der Waals surface area contributed by atoms with E-state index in [4.69, 9.17) is 0 Å². The molecule has 0 saturated carbocycles. The fourth-order valence-corrected chi connectivity index (χ4v) is 2.49. The Hall–Kier alpha value is -1.18. The maximum absolute atomic E-state index is 13.0. The molecule has 1 saturated heterocycles. The summed E-state index contributed by atoms with van der Waals surface area (Å²) in [6, 6.07) is 3.56. The average molecular weight is 348 g/mol. The van der Waals surface area contributed by atoms with Gasteiger partial charge in [0.05, 0.1) is 12.2 Å². The Morgan fingerprint density at radius 2 is 2.18 bits per heavy atom.